The maximum atomic E-state index is 12.4. The molecule has 128 valence electrons. The number of halogens is 1. The Morgan fingerprint density at radius 2 is 2.16 bits per heavy atom. The van der Waals surface area contributed by atoms with Crippen LogP contribution in [0.15, 0.2) is 61.6 Å². The molecule has 1 aromatic carbocycles. The summed E-state index contributed by atoms with van der Waals surface area (Å²) in [7, 11) is 0. The largest absolute Gasteiger partial charge is 0.347 e. The predicted molar refractivity (Wildman–Crippen MR) is 103 cm³/mol. The zero-order chi connectivity index (χ0) is 17.6. The minimum Gasteiger partial charge on any atom is -0.347 e. The van der Waals surface area contributed by atoms with Crippen molar-refractivity contribution in [3.63, 3.8) is 0 Å². The van der Waals surface area contributed by atoms with Gasteiger partial charge < -0.3 is 9.88 Å². The van der Waals surface area contributed by atoms with Gasteiger partial charge in [-0.15, -0.1) is 6.58 Å². The van der Waals surface area contributed by atoms with Crippen LogP contribution in [0.1, 0.15) is 18.4 Å². The Labute approximate surface area is 152 Å². The third-order valence-corrected chi connectivity index (χ3v) is 4.38. The molecule has 3 aromatic rings. The molecule has 0 aliphatic rings. The van der Waals surface area contributed by atoms with E-state index in [2.05, 4.69) is 39.8 Å². The Bertz CT molecular complexity index is 901. The Hall–Kier alpha value is -2.59. The van der Waals surface area contributed by atoms with Gasteiger partial charge in [0.1, 0.15) is 0 Å². The fraction of sp³-hybridized carbons (Fsp3) is 0.200. The first-order valence-electron chi connectivity index (χ1n) is 8.26. The van der Waals surface area contributed by atoms with Gasteiger partial charge in [-0.25, -0.2) is 0 Å². The monoisotopic (exact) mass is 353 g/mol. The molecule has 0 aliphatic carbocycles. The van der Waals surface area contributed by atoms with Crippen LogP contribution in [0.25, 0.3) is 10.9 Å². The molecule has 4 nitrogen and oxygen atoms in total. The number of unbranched alkanes of at least 4 members (excludes halogenated alkanes) is 1. The summed E-state index contributed by atoms with van der Waals surface area (Å²) < 4.78 is 2.21. The third kappa shape index (κ3) is 4.09. The molecule has 0 aliphatic heterocycles. The smallest absolute Gasteiger partial charge is 0.228 e. The SMILES string of the molecule is C=CCCCn1cc(CC(=O)Nc2ccncc2Cl)c2ccccc21. The van der Waals surface area contributed by atoms with E-state index in [1.54, 1.807) is 12.3 Å². The van der Waals surface area contributed by atoms with E-state index >= 15 is 0 Å². The number of aryl methyl sites for hydroxylation is 1. The van der Waals surface area contributed by atoms with Crippen LogP contribution in [0.3, 0.4) is 0 Å². The van der Waals surface area contributed by atoms with Gasteiger partial charge >= 0.3 is 0 Å². The highest BCUT2D eigenvalue weighted by molar-refractivity contribution is 6.33. The van der Waals surface area contributed by atoms with Crippen molar-refractivity contribution in [1.82, 2.24) is 9.55 Å². The highest BCUT2D eigenvalue weighted by Gasteiger charge is 2.12. The van der Waals surface area contributed by atoms with Gasteiger partial charge in [0.15, 0.2) is 0 Å². The quantitative estimate of drug-likeness (QED) is 0.488. The highest BCUT2D eigenvalue weighted by Crippen LogP contribution is 2.24. The van der Waals surface area contributed by atoms with Crippen LogP contribution < -0.4 is 5.32 Å². The summed E-state index contributed by atoms with van der Waals surface area (Å²) in [6, 6.07) is 9.86. The summed E-state index contributed by atoms with van der Waals surface area (Å²) in [5, 5.41) is 4.39. The van der Waals surface area contributed by atoms with Crippen molar-refractivity contribution >= 4 is 34.1 Å². The molecule has 0 bridgehead atoms. The summed E-state index contributed by atoms with van der Waals surface area (Å²) in [6.45, 7) is 4.68. The molecule has 2 heterocycles. The summed E-state index contributed by atoms with van der Waals surface area (Å²) in [6.07, 6.45) is 9.42. The fourth-order valence-corrected chi connectivity index (χ4v) is 3.07. The maximum Gasteiger partial charge on any atom is 0.228 e. The van der Waals surface area contributed by atoms with Crippen molar-refractivity contribution in [1.29, 1.82) is 0 Å². The molecule has 0 unspecified atom stereocenters. The average Bonchev–Trinajstić information content (AvgIpc) is 2.95. The van der Waals surface area contributed by atoms with Crippen LogP contribution >= 0.6 is 11.6 Å². The number of nitrogens with zero attached hydrogens (tertiary/aromatic N) is 2. The minimum absolute atomic E-state index is 0.0953. The Kier molecular flexibility index (Phi) is 5.51. The maximum absolute atomic E-state index is 12.4. The molecular weight excluding hydrogens is 334 g/mol. The first kappa shape index (κ1) is 17.2. The Balaban J connectivity index is 1.80. The van der Waals surface area contributed by atoms with E-state index in [0.29, 0.717) is 17.1 Å². The number of amides is 1. The summed E-state index contributed by atoms with van der Waals surface area (Å²) >= 11 is 6.05. The van der Waals surface area contributed by atoms with E-state index in [0.717, 1.165) is 35.9 Å². The molecule has 5 heteroatoms. The van der Waals surface area contributed by atoms with Crippen LogP contribution in [0, 0.1) is 0 Å². The van der Waals surface area contributed by atoms with Gasteiger partial charge in [0.25, 0.3) is 0 Å². The lowest BCUT2D eigenvalue weighted by atomic mass is 10.1. The second-order valence-electron chi connectivity index (χ2n) is 5.88. The summed E-state index contributed by atoms with van der Waals surface area (Å²) in [5.74, 6) is -0.0953. The molecule has 0 fully saturated rings. The number of hydrogen-bond donors (Lipinski definition) is 1. The number of carbonyl (C=O) groups excluding carboxylic acids is 1. The molecule has 0 radical (unpaired) electrons. The first-order valence-corrected chi connectivity index (χ1v) is 8.64. The number of benzene rings is 1. The van der Waals surface area contributed by atoms with E-state index in [9.17, 15) is 4.79 Å². The zero-order valence-electron chi connectivity index (χ0n) is 13.9. The summed E-state index contributed by atoms with van der Waals surface area (Å²) in [4.78, 5) is 16.4. The van der Waals surface area contributed by atoms with Gasteiger partial charge in [-0.1, -0.05) is 35.9 Å². The minimum atomic E-state index is -0.0953. The third-order valence-electron chi connectivity index (χ3n) is 4.08. The van der Waals surface area contributed by atoms with Gasteiger partial charge in [0.05, 0.1) is 17.1 Å². The van der Waals surface area contributed by atoms with Crippen molar-refractivity contribution in [3.05, 3.63) is 72.2 Å². The Morgan fingerprint density at radius 3 is 2.96 bits per heavy atom. The van der Waals surface area contributed by atoms with E-state index in [4.69, 9.17) is 11.6 Å². The number of para-hydroxylation sites is 1. The number of allylic oxidation sites excluding steroid dienone is 1. The number of pyridine rings is 1. The van der Waals surface area contributed by atoms with Crippen LogP contribution in [0.4, 0.5) is 5.69 Å². The number of rotatable bonds is 7. The first-order chi connectivity index (χ1) is 12.2. The lowest BCUT2D eigenvalue weighted by Gasteiger charge is -2.06. The molecular formula is C20H20ClN3O. The molecule has 2 aromatic heterocycles. The number of nitrogens with one attached hydrogen (secondary N) is 1. The van der Waals surface area contributed by atoms with E-state index in [-0.39, 0.29) is 5.91 Å². The fourth-order valence-electron chi connectivity index (χ4n) is 2.90. The molecule has 0 saturated heterocycles. The number of carbonyl (C=O) groups is 1. The van der Waals surface area contributed by atoms with E-state index in [1.165, 1.54) is 6.20 Å². The lowest BCUT2D eigenvalue weighted by Crippen LogP contribution is -2.14. The average molecular weight is 354 g/mol. The molecule has 1 amide bonds. The zero-order valence-corrected chi connectivity index (χ0v) is 14.7. The van der Waals surface area contributed by atoms with Gasteiger partial charge in [-0.3, -0.25) is 9.78 Å². The van der Waals surface area contributed by atoms with Crippen molar-refractivity contribution < 1.29 is 4.79 Å². The molecule has 0 atom stereocenters. The van der Waals surface area contributed by atoms with Gasteiger partial charge in [0.2, 0.25) is 5.91 Å². The highest BCUT2D eigenvalue weighted by atomic mass is 35.5. The van der Waals surface area contributed by atoms with Crippen molar-refractivity contribution in [2.75, 3.05) is 5.32 Å². The standard InChI is InChI=1S/C20H20ClN3O/c1-2-3-6-11-24-14-15(16-7-4-5-8-19(16)24)12-20(25)23-18-9-10-22-13-17(18)21/h2,4-5,7-10,13-14H,1,3,6,11-12H2,(H,22,23,25). The molecule has 0 spiro atoms. The molecule has 1 N–H and O–H groups in total. The summed E-state index contributed by atoms with van der Waals surface area (Å²) in [5.41, 5.74) is 2.74. The lowest BCUT2D eigenvalue weighted by molar-refractivity contribution is -0.115. The normalized spacial score (nSPS) is 10.8. The number of fused-ring (bicyclic) bond motifs is 1. The molecule has 25 heavy (non-hydrogen) atoms. The van der Waals surface area contributed by atoms with Crippen molar-refractivity contribution in [2.45, 2.75) is 25.8 Å². The van der Waals surface area contributed by atoms with Crippen LogP contribution in [-0.2, 0) is 17.8 Å². The van der Waals surface area contributed by atoms with Crippen LogP contribution in [0.2, 0.25) is 5.02 Å². The van der Waals surface area contributed by atoms with Gasteiger partial charge in [-0.2, -0.15) is 0 Å². The van der Waals surface area contributed by atoms with Crippen molar-refractivity contribution in [3.8, 4) is 0 Å². The predicted octanol–water partition coefficient (Wildman–Crippen LogP) is 4.84. The Morgan fingerprint density at radius 1 is 1.32 bits per heavy atom. The number of hydrogen-bond acceptors (Lipinski definition) is 2. The van der Waals surface area contributed by atoms with Crippen LogP contribution in [0.5, 0.6) is 0 Å². The second-order valence-corrected chi connectivity index (χ2v) is 6.28. The number of aromatic nitrogens is 2. The van der Waals surface area contributed by atoms with Gasteiger partial charge in [0, 0.05) is 36.0 Å². The topological polar surface area (TPSA) is 46.9 Å². The van der Waals surface area contributed by atoms with Crippen LogP contribution in [-0.4, -0.2) is 15.5 Å². The molecule has 0 saturated carbocycles. The van der Waals surface area contributed by atoms with Gasteiger partial charge in [-0.05, 0) is 30.5 Å². The van der Waals surface area contributed by atoms with E-state index < -0.39 is 0 Å². The molecule has 3 rings (SSSR count). The van der Waals surface area contributed by atoms with E-state index in [1.807, 2.05) is 18.2 Å². The second kappa shape index (κ2) is 7.99. The number of anilines is 1. The van der Waals surface area contributed by atoms with Crippen molar-refractivity contribution in [2.24, 2.45) is 0 Å².